The highest BCUT2D eigenvalue weighted by Crippen LogP contribution is 2.57. The van der Waals surface area contributed by atoms with Crippen LogP contribution in [0.2, 0.25) is 10.0 Å². The van der Waals surface area contributed by atoms with Crippen LogP contribution in [0, 0.1) is 0 Å². The minimum Gasteiger partial charge on any atom is -0.506 e. The molecule has 1 aliphatic carbocycles. The molecule has 24 heavy (non-hydrogen) atoms. The second-order valence-electron chi connectivity index (χ2n) is 7.13. The van der Waals surface area contributed by atoms with E-state index in [1.165, 1.54) is 23.1 Å². The molecule has 126 valence electrons. The third-order valence-electron chi connectivity index (χ3n) is 5.86. The lowest BCUT2D eigenvalue weighted by molar-refractivity contribution is 0.0717. The quantitative estimate of drug-likeness (QED) is 0.779. The van der Waals surface area contributed by atoms with Gasteiger partial charge in [-0.15, -0.1) is 0 Å². The van der Waals surface area contributed by atoms with E-state index in [1.54, 1.807) is 0 Å². The molecule has 1 N–H and O–H groups in total. The lowest BCUT2D eigenvalue weighted by Crippen LogP contribution is -2.50. The van der Waals surface area contributed by atoms with Crippen LogP contribution >= 0.6 is 23.2 Å². The van der Waals surface area contributed by atoms with Crippen molar-refractivity contribution in [1.82, 2.24) is 4.90 Å². The highest BCUT2D eigenvalue weighted by atomic mass is 35.5. The molecule has 1 saturated carbocycles. The van der Waals surface area contributed by atoms with Crippen LogP contribution in [0.3, 0.4) is 0 Å². The van der Waals surface area contributed by atoms with Gasteiger partial charge in [-0.25, -0.2) is 0 Å². The maximum absolute atomic E-state index is 10.2. The number of hydrogen-bond donors (Lipinski definition) is 1. The van der Waals surface area contributed by atoms with Crippen LogP contribution in [0.5, 0.6) is 5.75 Å². The Balaban J connectivity index is 1.89. The van der Waals surface area contributed by atoms with E-state index in [4.69, 9.17) is 23.2 Å². The van der Waals surface area contributed by atoms with Gasteiger partial charge in [-0.2, -0.15) is 0 Å². The predicted molar refractivity (Wildman–Crippen MR) is 99.2 cm³/mol. The van der Waals surface area contributed by atoms with Crippen molar-refractivity contribution in [2.24, 2.45) is 0 Å². The summed E-state index contributed by atoms with van der Waals surface area (Å²) in [5.74, 6) is 0.171. The Morgan fingerprint density at radius 2 is 1.88 bits per heavy atom. The minimum absolute atomic E-state index is 0.0164. The molecule has 2 aliphatic rings. The smallest absolute Gasteiger partial charge is 0.134 e. The Bertz CT molecular complexity index is 785. The third kappa shape index (κ3) is 2.35. The molecule has 2 aromatic rings. The van der Waals surface area contributed by atoms with Gasteiger partial charge in [0, 0.05) is 23.0 Å². The van der Waals surface area contributed by atoms with Crippen molar-refractivity contribution in [3.8, 4) is 5.75 Å². The average Bonchev–Trinajstić information content (AvgIpc) is 2.52. The second kappa shape index (κ2) is 5.94. The number of phenols is 1. The van der Waals surface area contributed by atoms with Gasteiger partial charge >= 0.3 is 0 Å². The van der Waals surface area contributed by atoms with Gasteiger partial charge in [-0.05, 0) is 61.2 Å². The first-order valence-corrected chi connectivity index (χ1v) is 9.25. The van der Waals surface area contributed by atoms with Crippen LogP contribution in [0.4, 0.5) is 0 Å². The molecule has 1 fully saturated rings. The van der Waals surface area contributed by atoms with Crippen LogP contribution in [0.25, 0.3) is 0 Å². The van der Waals surface area contributed by atoms with Gasteiger partial charge in [-0.1, -0.05) is 47.8 Å². The first-order chi connectivity index (χ1) is 11.5. The van der Waals surface area contributed by atoms with Crippen LogP contribution in [0.1, 0.15) is 42.0 Å². The first kappa shape index (κ1) is 16.3. The van der Waals surface area contributed by atoms with Gasteiger partial charge in [0.15, 0.2) is 0 Å². The van der Waals surface area contributed by atoms with Gasteiger partial charge in [0.1, 0.15) is 5.75 Å². The Labute approximate surface area is 153 Å². The number of benzene rings is 2. The zero-order chi connectivity index (χ0) is 16.9. The molecule has 2 nitrogen and oxygen atoms in total. The molecule has 0 amide bonds. The molecule has 1 atom stereocenters. The van der Waals surface area contributed by atoms with Crippen LogP contribution in [-0.2, 0) is 11.8 Å². The SMILES string of the molecule is CN1CCc2cc(Cl)c(O)cc2C1C1(c2ccccc2Cl)CCC1. The van der Waals surface area contributed by atoms with E-state index < -0.39 is 0 Å². The Morgan fingerprint density at radius 1 is 1.12 bits per heavy atom. The monoisotopic (exact) mass is 361 g/mol. The molecule has 2 aromatic carbocycles. The van der Waals surface area contributed by atoms with Gasteiger partial charge in [0.2, 0.25) is 0 Å². The molecule has 1 heterocycles. The summed E-state index contributed by atoms with van der Waals surface area (Å²) in [4.78, 5) is 2.41. The van der Waals surface area contributed by atoms with E-state index in [2.05, 4.69) is 24.1 Å². The highest BCUT2D eigenvalue weighted by molar-refractivity contribution is 6.32. The Hall–Kier alpha value is -1.22. The van der Waals surface area contributed by atoms with E-state index in [1.807, 2.05) is 24.3 Å². The fourth-order valence-corrected chi connectivity index (χ4v) is 5.10. The summed E-state index contributed by atoms with van der Waals surface area (Å²) >= 11 is 12.7. The highest BCUT2D eigenvalue weighted by Gasteiger charge is 2.50. The maximum atomic E-state index is 10.2. The number of likely N-dealkylation sites (N-methyl/N-ethyl adjacent to an activating group) is 1. The molecule has 0 spiro atoms. The fourth-order valence-electron chi connectivity index (χ4n) is 4.59. The van der Waals surface area contributed by atoms with E-state index in [9.17, 15) is 5.11 Å². The van der Waals surface area contributed by atoms with Crippen molar-refractivity contribution >= 4 is 23.2 Å². The summed E-state index contributed by atoms with van der Waals surface area (Å²) in [6.07, 6.45) is 4.41. The number of hydrogen-bond acceptors (Lipinski definition) is 2. The van der Waals surface area contributed by atoms with Crippen LogP contribution < -0.4 is 0 Å². The molecular formula is C20H21Cl2NO. The van der Waals surface area contributed by atoms with Gasteiger partial charge in [0.05, 0.1) is 5.02 Å². The summed E-state index contributed by atoms with van der Waals surface area (Å²) in [6, 6.07) is 12.2. The number of rotatable bonds is 2. The Kier molecular flexibility index (Phi) is 4.03. The Morgan fingerprint density at radius 3 is 2.54 bits per heavy atom. The van der Waals surface area contributed by atoms with E-state index in [0.29, 0.717) is 5.02 Å². The molecule has 1 unspecified atom stereocenters. The molecule has 4 heteroatoms. The number of phenolic OH excluding ortho intramolecular Hbond substituents is 1. The number of halogens is 2. The number of fused-ring (bicyclic) bond motifs is 1. The van der Waals surface area contributed by atoms with Crippen molar-refractivity contribution in [2.75, 3.05) is 13.6 Å². The normalized spacial score (nSPS) is 22.7. The van der Waals surface area contributed by atoms with Crippen molar-refractivity contribution in [3.05, 3.63) is 63.1 Å². The van der Waals surface area contributed by atoms with E-state index >= 15 is 0 Å². The summed E-state index contributed by atoms with van der Waals surface area (Å²) in [5, 5.41) is 11.5. The van der Waals surface area contributed by atoms with E-state index in [-0.39, 0.29) is 17.2 Å². The van der Waals surface area contributed by atoms with Crippen molar-refractivity contribution < 1.29 is 5.11 Å². The first-order valence-electron chi connectivity index (χ1n) is 8.49. The largest absolute Gasteiger partial charge is 0.506 e. The van der Waals surface area contributed by atoms with Crippen molar-refractivity contribution in [3.63, 3.8) is 0 Å². The molecule has 4 rings (SSSR count). The standard InChI is InChI=1S/C20H21Cl2NO/c1-23-10-7-13-11-17(22)18(24)12-14(13)19(23)20(8-4-9-20)15-5-2-3-6-16(15)21/h2-3,5-6,11-12,19,24H,4,7-10H2,1H3. The zero-order valence-electron chi connectivity index (χ0n) is 13.7. The maximum Gasteiger partial charge on any atom is 0.134 e. The van der Waals surface area contributed by atoms with Gasteiger partial charge < -0.3 is 5.11 Å². The van der Waals surface area contributed by atoms with Gasteiger partial charge in [0.25, 0.3) is 0 Å². The molecule has 0 saturated heterocycles. The second-order valence-corrected chi connectivity index (χ2v) is 7.94. The zero-order valence-corrected chi connectivity index (χ0v) is 15.2. The molecule has 0 aromatic heterocycles. The topological polar surface area (TPSA) is 23.5 Å². The third-order valence-corrected chi connectivity index (χ3v) is 6.49. The van der Waals surface area contributed by atoms with Gasteiger partial charge in [-0.3, -0.25) is 4.90 Å². The lowest BCUT2D eigenvalue weighted by Gasteiger charge is -2.54. The molecule has 0 bridgehead atoms. The predicted octanol–water partition coefficient (Wildman–Crippen LogP) is 5.35. The van der Waals surface area contributed by atoms with Crippen LogP contribution in [-0.4, -0.2) is 23.6 Å². The molecular weight excluding hydrogens is 341 g/mol. The van der Waals surface area contributed by atoms with Crippen molar-refractivity contribution in [1.29, 1.82) is 0 Å². The minimum atomic E-state index is 0.0164. The summed E-state index contributed by atoms with van der Waals surface area (Å²) < 4.78 is 0. The fraction of sp³-hybridized carbons (Fsp3) is 0.400. The number of nitrogens with zero attached hydrogens (tertiary/aromatic N) is 1. The van der Waals surface area contributed by atoms with E-state index in [0.717, 1.165) is 30.8 Å². The molecule has 0 radical (unpaired) electrons. The average molecular weight is 362 g/mol. The van der Waals surface area contributed by atoms with Crippen molar-refractivity contribution in [2.45, 2.75) is 37.1 Å². The van der Waals surface area contributed by atoms with Crippen LogP contribution in [0.15, 0.2) is 36.4 Å². The summed E-state index contributed by atoms with van der Waals surface area (Å²) in [5.41, 5.74) is 3.70. The number of aromatic hydroxyl groups is 1. The summed E-state index contributed by atoms with van der Waals surface area (Å²) in [7, 11) is 2.18. The molecule has 1 aliphatic heterocycles. The summed E-state index contributed by atoms with van der Waals surface area (Å²) in [6.45, 7) is 0.991. The lowest BCUT2D eigenvalue weighted by atomic mass is 9.57.